The molecule has 0 bridgehead atoms. The van der Waals surface area contributed by atoms with E-state index in [-0.39, 0.29) is 10.6 Å². The van der Waals surface area contributed by atoms with E-state index < -0.39 is 5.97 Å². The van der Waals surface area contributed by atoms with Gasteiger partial charge in [0.25, 0.3) is 0 Å². The van der Waals surface area contributed by atoms with Crippen molar-refractivity contribution in [3.8, 4) is 0 Å². The van der Waals surface area contributed by atoms with E-state index >= 15 is 0 Å². The van der Waals surface area contributed by atoms with Gasteiger partial charge in [0.1, 0.15) is 0 Å². The van der Waals surface area contributed by atoms with Crippen molar-refractivity contribution in [2.75, 3.05) is 5.33 Å². The SMILES string of the molecule is C=C(C(=O)O)/C(Cl)=C/CBr. The van der Waals surface area contributed by atoms with Crippen molar-refractivity contribution in [3.05, 3.63) is 23.3 Å². The minimum absolute atomic E-state index is 0.0823. The van der Waals surface area contributed by atoms with E-state index in [9.17, 15) is 4.79 Å². The van der Waals surface area contributed by atoms with Crippen LogP contribution in [0.4, 0.5) is 0 Å². The molecule has 0 aliphatic carbocycles. The van der Waals surface area contributed by atoms with E-state index in [1.54, 1.807) is 0 Å². The van der Waals surface area contributed by atoms with Crippen LogP contribution in [-0.2, 0) is 4.79 Å². The number of aliphatic carboxylic acids is 1. The van der Waals surface area contributed by atoms with Crippen molar-refractivity contribution in [2.24, 2.45) is 0 Å². The summed E-state index contributed by atoms with van der Waals surface area (Å²) in [6.45, 7) is 3.25. The zero-order valence-electron chi connectivity index (χ0n) is 5.10. The molecule has 0 aromatic carbocycles. The van der Waals surface area contributed by atoms with E-state index in [0.29, 0.717) is 5.33 Å². The lowest BCUT2D eigenvalue weighted by atomic mass is 10.3. The summed E-state index contributed by atoms with van der Waals surface area (Å²) in [6.07, 6.45) is 1.53. The van der Waals surface area contributed by atoms with Crippen molar-refractivity contribution in [1.29, 1.82) is 0 Å². The maximum Gasteiger partial charge on any atom is 0.336 e. The van der Waals surface area contributed by atoms with E-state index in [2.05, 4.69) is 22.5 Å². The molecule has 56 valence electrons. The van der Waals surface area contributed by atoms with Crippen LogP contribution in [0.2, 0.25) is 0 Å². The molecule has 10 heavy (non-hydrogen) atoms. The van der Waals surface area contributed by atoms with Crippen molar-refractivity contribution in [1.82, 2.24) is 0 Å². The molecule has 0 aromatic heterocycles. The fourth-order valence-electron chi connectivity index (χ4n) is 0.293. The largest absolute Gasteiger partial charge is 0.478 e. The molecular weight excluding hydrogens is 219 g/mol. The lowest BCUT2D eigenvalue weighted by Crippen LogP contribution is -1.98. The molecule has 0 heterocycles. The summed E-state index contributed by atoms with van der Waals surface area (Å²) < 4.78 is 0. The highest BCUT2D eigenvalue weighted by molar-refractivity contribution is 9.09. The average molecular weight is 225 g/mol. The third-order valence-electron chi connectivity index (χ3n) is 0.803. The molecule has 0 amide bonds. The molecule has 0 atom stereocenters. The van der Waals surface area contributed by atoms with Crippen LogP contribution in [-0.4, -0.2) is 16.4 Å². The zero-order chi connectivity index (χ0) is 8.15. The number of carboxylic acids is 1. The second-order valence-corrected chi connectivity index (χ2v) is 2.54. The van der Waals surface area contributed by atoms with Crippen LogP contribution >= 0.6 is 27.5 Å². The lowest BCUT2D eigenvalue weighted by Gasteiger charge is -1.94. The molecule has 0 radical (unpaired) electrons. The number of hydrogen-bond acceptors (Lipinski definition) is 1. The fourth-order valence-corrected chi connectivity index (χ4v) is 0.961. The summed E-state index contributed by atoms with van der Waals surface area (Å²) in [6, 6.07) is 0. The summed E-state index contributed by atoms with van der Waals surface area (Å²) in [4.78, 5) is 10.2. The molecule has 2 nitrogen and oxygen atoms in total. The Morgan fingerprint density at radius 3 is 2.60 bits per heavy atom. The van der Waals surface area contributed by atoms with Gasteiger partial charge in [0, 0.05) is 5.33 Å². The van der Waals surface area contributed by atoms with Gasteiger partial charge in [0.15, 0.2) is 0 Å². The maximum absolute atomic E-state index is 10.2. The number of allylic oxidation sites excluding steroid dienone is 1. The first-order valence-electron chi connectivity index (χ1n) is 2.43. The molecular formula is C6H6BrClO2. The zero-order valence-corrected chi connectivity index (χ0v) is 7.44. The number of hydrogen-bond donors (Lipinski definition) is 1. The maximum atomic E-state index is 10.2. The van der Waals surface area contributed by atoms with Crippen LogP contribution in [0, 0.1) is 0 Å². The summed E-state index contributed by atoms with van der Waals surface area (Å²) in [5.74, 6) is -1.10. The van der Waals surface area contributed by atoms with Gasteiger partial charge in [-0.2, -0.15) is 0 Å². The standard InChI is InChI=1S/C6H6BrClO2/c1-4(6(9)10)5(8)2-3-7/h2H,1,3H2,(H,9,10)/b5-2-. The molecule has 0 spiro atoms. The Bertz CT molecular complexity index is 186. The Morgan fingerprint density at radius 2 is 2.30 bits per heavy atom. The van der Waals surface area contributed by atoms with Gasteiger partial charge in [-0.1, -0.05) is 40.2 Å². The Hall–Kier alpha value is -0.280. The normalized spacial score (nSPS) is 11.2. The Kier molecular flexibility index (Phi) is 4.40. The van der Waals surface area contributed by atoms with Crippen LogP contribution in [0.1, 0.15) is 0 Å². The van der Waals surface area contributed by atoms with Crippen LogP contribution in [0.5, 0.6) is 0 Å². The van der Waals surface area contributed by atoms with Crippen LogP contribution in [0.3, 0.4) is 0 Å². The molecule has 0 aromatic rings. The van der Waals surface area contributed by atoms with Gasteiger partial charge >= 0.3 is 5.97 Å². The molecule has 0 aliphatic heterocycles. The lowest BCUT2D eigenvalue weighted by molar-refractivity contribution is -0.132. The minimum atomic E-state index is -1.10. The average Bonchev–Trinajstić information content (AvgIpc) is 1.87. The van der Waals surface area contributed by atoms with Gasteiger partial charge in [0.2, 0.25) is 0 Å². The number of rotatable bonds is 3. The quantitative estimate of drug-likeness (QED) is 0.454. The first-order chi connectivity index (χ1) is 4.59. The Balaban J connectivity index is 4.22. The molecule has 0 aliphatic rings. The second-order valence-electron chi connectivity index (χ2n) is 1.49. The van der Waals surface area contributed by atoms with Crippen LogP contribution < -0.4 is 0 Å². The fraction of sp³-hybridized carbons (Fsp3) is 0.167. The highest BCUT2D eigenvalue weighted by atomic mass is 79.9. The molecule has 4 heteroatoms. The number of alkyl halides is 1. The predicted octanol–water partition coefficient (Wildman–Crippen LogP) is 2.14. The first-order valence-corrected chi connectivity index (χ1v) is 3.93. The molecule has 1 N–H and O–H groups in total. The number of halogens is 2. The van der Waals surface area contributed by atoms with Gasteiger partial charge < -0.3 is 5.11 Å². The van der Waals surface area contributed by atoms with Gasteiger partial charge in [-0.3, -0.25) is 0 Å². The third-order valence-corrected chi connectivity index (χ3v) is 1.51. The highest BCUT2D eigenvalue weighted by Gasteiger charge is 2.06. The van der Waals surface area contributed by atoms with Gasteiger partial charge in [-0.25, -0.2) is 4.79 Å². The first kappa shape index (κ1) is 9.72. The summed E-state index contributed by atoms with van der Waals surface area (Å²) in [5, 5.41) is 9.04. The van der Waals surface area contributed by atoms with Gasteiger partial charge in [0.05, 0.1) is 10.6 Å². The van der Waals surface area contributed by atoms with Crippen LogP contribution in [0.25, 0.3) is 0 Å². The van der Waals surface area contributed by atoms with Crippen molar-refractivity contribution in [3.63, 3.8) is 0 Å². The van der Waals surface area contributed by atoms with E-state index in [1.165, 1.54) is 6.08 Å². The van der Waals surface area contributed by atoms with E-state index in [0.717, 1.165) is 0 Å². The van der Waals surface area contributed by atoms with Crippen LogP contribution in [0.15, 0.2) is 23.3 Å². The minimum Gasteiger partial charge on any atom is -0.478 e. The molecule has 0 saturated carbocycles. The second kappa shape index (κ2) is 4.52. The van der Waals surface area contributed by atoms with E-state index in [4.69, 9.17) is 16.7 Å². The molecule has 0 fully saturated rings. The number of carbonyl (C=O) groups is 1. The number of carboxylic acid groups (broad SMARTS) is 1. The van der Waals surface area contributed by atoms with Crippen molar-refractivity contribution < 1.29 is 9.90 Å². The predicted molar refractivity (Wildman–Crippen MR) is 44.5 cm³/mol. The Morgan fingerprint density at radius 1 is 1.80 bits per heavy atom. The topological polar surface area (TPSA) is 37.3 Å². The summed E-state index contributed by atoms with van der Waals surface area (Å²) in [5.41, 5.74) is -0.0823. The van der Waals surface area contributed by atoms with Gasteiger partial charge in [-0.05, 0) is 0 Å². The highest BCUT2D eigenvalue weighted by Crippen LogP contribution is 2.12. The van der Waals surface area contributed by atoms with E-state index in [1.807, 2.05) is 0 Å². The summed E-state index contributed by atoms with van der Waals surface area (Å²) in [7, 11) is 0. The third kappa shape index (κ3) is 3.03. The monoisotopic (exact) mass is 224 g/mol. The summed E-state index contributed by atoms with van der Waals surface area (Å²) >= 11 is 8.55. The Labute approximate surface area is 72.3 Å². The van der Waals surface area contributed by atoms with Crippen molar-refractivity contribution in [2.45, 2.75) is 0 Å². The van der Waals surface area contributed by atoms with Gasteiger partial charge in [-0.15, -0.1) is 0 Å². The molecule has 0 unspecified atom stereocenters. The molecule has 0 saturated heterocycles. The molecule has 0 rings (SSSR count). The smallest absolute Gasteiger partial charge is 0.336 e. The van der Waals surface area contributed by atoms with Crippen molar-refractivity contribution >= 4 is 33.5 Å².